The summed E-state index contributed by atoms with van der Waals surface area (Å²) in [6, 6.07) is 9.76. The molecule has 0 radical (unpaired) electrons. The Morgan fingerprint density at radius 2 is 1.63 bits per heavy atom. The van der Waals surface area contributed by atoms with E-state index < -0.39 is 11.4 Å². The van der Waals surface area contributed by atoms with Crippen LogP contribution in [0.2, 0.25) is 0 Å². The number of hydrogen-bond acceptors (Lipinski definition) is 4. The van der Waals surface area contributed by atoms with Gasteiger partial charge in [-0.05, 0) is 90.5 Å². The Balaban J connectivity index is 1.70. The molecule has 3 rings (SSSR count). The standard InChI is InChI=1S/C21H22BrNO4/c1-13-8-14(2)10-16(9-13)26-7-5-4-6-23-19-17(20(24)27-21(23)25)11-15(3)12-18(19)22/h8-12H,4-7H2,1-3H3. The first-order valence-electron chi connectivity index (χ1n) is 8.90. The van der Waals surface area contributed by atoms with Gasteiger partial charge < -0.3 is 9.15 Å². The summed E-state index contributed by atoms with van der Waals surface area (Å²) in [6.45, 7) is 6.99. The molecule has 0 saturated heterocycles. The second-order valence-corrected chi connectivity index (χ2v) is 7.68. The van der Waals surface area contributed by atoms with Gasteiger partial charge in [0.25, 0.3) is 0 Å². The number of ether oxygens (including phenoxy) is 1. The van der Waals surface area contributed by atoms with Crippen molar-refractivity contribution in [2.24, 2.45) is 0 Å². The molecular formula is C21H22BrNO4. The number of rotatable bonds is 6. The molecule has 0 unspecified atom stereocenters. The summed E-state index contributed by atoms with van der Waals surface area (Å²) in [5, 5.41) is 0.410. The second-order valence-electron chi connectivity index (χ2n) is 6.83. The Bertz CT molecular complexity index is 1080. The lowest BCUT2D eigenvalue weighted by atomic mass is 10.1. The molecule has 1 heterocycles. The summed E-state index contributed by atoms with van der Waals surface area (Å²) in [4.78, 5) is 24.2. The van der Waals surface area contributed by atoms with Crippen LogP contribution in [0, 0.1) is 20.8 Å². The Morgan fingerprint density at radius 3 is 2.33 bits per heavy atom. The van der Waals surface area contributed by atoms with Gasteiger partial charge in [0.2, 0.25) is 0 Å². The molecule has 142 valence electrons. The lowest BCUT2D eigenvalue weighted by Gasteiger charge is -2.11. The maximum Gasteiger partial charge on any atom is 0.422 e. The van der Waals surface area contributed by atoms with Crippen LogP contribution in [0.5, 0.6) is 5.75 Å². The molecule has 0 aliphatic heterocycles. The SMILES string of the molecule is Cc1cc(C)cc(OCCCCn2c(=O)oc(=O)c3cc(C)cc(Br)c32)c1. The van der Waals surface area contributed by atoms with Gasteiger partial charge in [-0.1, -0.05) is 6.07 Å². The summed E-state index contributed by atoms with van der Waals surface area (Å²) >= 11 is 3.47. The van der Waals surface area contributed by atoms with Gasteiger partial charge in [-0.2, -0.15) is 0 Å². The van der Waals surface area contributed by atoms with Crippen molar-refractivity contribution >= 4 is 26.8 Å². The van der Waals surface area contributed by atoms with E-state index in [-0.39, 0.29) is 0 Å². The fourth-order valence-corrected chi connectivity index (χ4v) is 4.02. The van der Waals surface area contributed by atoms with Crippen LogP contribution in [0.3, 0.4) is 0 Å². The Kier molecular flexibility index (Phi) is 5.85. The summed E-state index contributed by atoms with van der Waals surface area (Å²) in [7, 11) is 0. The molecule has 27 heavy (non-hydrogen) atoms. The van der Waals surface area contributed by atoms with Crippen molar-refractivity contribution < 1.29 is 9.15 Å². The third kappa shape index (κ3) is 4.50. The molecule has 0 saturated carbocycles. The molecule has 0 aliphatic rings. The number of halogens is 1. The molecule has 0 amide bonds. The third-order valence-corrected chi connectivity index (χ3v) is 4.94. The van der Waals surface area contributed by atoms with Crippen molar-refractivity contribution in [1.29, 1.82) is 0 Å². The number of nitrogens with zero attached hydrogens (tertiary/aromatic N) is 1. The van der Waals surface area contributed by atoms with Crippen molar-refractivity contribution in [3.05, 3.63) is 72.5 Å². The smallest absolute Gasteiger partial charge is 0.422 e. The van der Waals surface area contributed by atoms with E-state index in [1.54, 1.807) is 6.07 Å². The van der Waals surface area contributed by atoms with E-state index >= 15 is 0 Å². The number of hydrogen-bond donors (Lipinski definition) is 0. The van der Waals surface area contributed by atoms with Crippen LogP contribution in [0.4, 0.5) is 0 Å². The van der Waals surface area contributed by atoms with Crippen LogP contribution >= 0.6 is 15.9 Å². The van der Waals surface area contributed by atoms with Gasteiger partial charge >= 0.3 is 11.4 Å². The first-order valence-corrected chi connectivity index (χ1v) is 9.69. The normalized spacial score (nSPS) is 11.1. The highest BCUT2D eigenvalue weighted by atomic mass is 79.9. The molecule has 3 aromatic rings. The zero-order valence-electron chi connectivity index (χ0n) is 15.7. The Hall–Kier alpha value is -2.34. The molecule has 1 aromatic heterocycles. The zero-order chi connectivity index (χ0) is 19.6. The van der Waals surface area contributed by atoms with Gasteiger partial charge in [0.1, 0.15) is 5.75 Å². The van der Waals surface area contributed by atoms with E-state index in [0.29, 0.717) is 28.5 Å². The van der Waals surface area contributed by atoms with Gasteiger partial charge in [0.15, 0.2) is 0 Å². The van der Waals surface area contributed by atoms with E-state index in [4.69, 9.17) is 9.15 Å². The van der Waals surface area contributed by atoms with Crippen LogP contribution in [-0.4, -0.2) is 11.2 Å². The largest absolute Gasteiger partial charge is 0.494 e. The minimum Gasteiger partial charge on any atom is -0.494 e. The predicted molar refractivity (Wildman–Crippen MR) is 110 cm³/mol. The lowest BCUT2D eigenvalue weighted by molar-refractivity contribution is 0.300. The molecule has 6 heteroatoms. The third-order valence-electron chi connectivity index (χ3n) is 4.34. The number of aryl methyl sites for hydroxylation is 4. The molecule has 0 fully saturated rings. The van der Waals surface area contributed by atoms with Gasteiger partial charge in [0, 0.05) is 11.0 Å². The highest BCUT2D eigenvalue weighted by Gasteiger charge is 2.13. The average molecular weight is 432 g/mol. The number of unbranched alkanes of at least 4 members (excludes halogenated alkanes) is 1. The van der Waals surface area contributed by atoms with Crippen LogP contribution in [-0.2, 0) is 6.54 Å². The highest BCUT2D eigenvalue weighted by Crippen LogP contribution is 2.23. The summed E-state index contributed by atoms with van der Waals surface area (Å²) in [5.41, 5.74) is 3.24. The molecule has 0 spiro atoms. The summed E-state index contributed by atoms with van der Waals surface area (Å²) < 4.78 is 12.9. The van der Waals surface area contributed by atoms with Crippen LogP contribution in [0.25, 0.3) is 10.9 Å². The Morgan fingerprint density at radius 1 is 0.963 bits per heavy atom. The van der Waals surface area contributed by atoms with Crippen molar-refractivity contribution in [1.82, 2.24) is 4.57 Å². The van der Waals surface area contributed by atoms with Gasteiger partial charge in [-0.15, -0.1) is 0 Å². The molecular weight excluding hydrogens is 410 g/mol. The van der Waals surface area contributed by atoms with Gasteiger partial charge in [0.05, 0.1) is 17.5 Å². The van der Waals surface area contributed by atoms with E-state index in [1.807, 2.05) is 39.0 Å². The van der Waals surface area contributed by atoms with Crippen LogP contribution in [0.1, 0.15) is 29.5 Å². The summed E-state index contributed by atoms with van der Waals surface area (Å²) in [5.74, 6) is 0.228. The quantitative estimate of drug-likeness (QED) is 0.538. The van der Waals surface area contributed by atoms with Crippen LogP contribution < -0.4 is 16.1 Å². The molecule has 2 aromatic carbocycles. The number of fused-ring (bicyclic) bond motifs is 1. The molecule has 0 atom stereocenters. The van der Waals surface area contributed by atoms with Crippen molar-refractivity contribution in [2.75, 3.05) is 6.61 Å². The first-order chi connectivity index (χ1) is 12.8. The molecule has 0 aliphatic carbocycles. The average Bonchev–Trinajstić information content (AvgIpc) is 2.56. The van der Waals surface area contributed by atoms with Gasteiger partial charge in [-0.3, -0.25) is 4.57 Å². The maximum atomic E-state index is 12.2. The minimum atomic E-state index is -0.632. The maximum absolute atomic E-state index is 12.2. The topological polar surface area (TPSA) is 61.4 Å². The van der Waals surface area contributed by atoms with Crippen molar-refractivity contribution in [3.63, 3.8) is 0 Å². The van der Waals surface area contributed by atoms with E-state index in [1.165, 1.54) is 15.7 Å². The summed E-state index contributed by atoms with van der Waals surface area (Å²) in [6.07, 6.45) is 1.51. The van der Waals surface area contributed by atoms with Crippen LogP contribution in [0.15, 0.2) is 48.8 Å². The second kappa shape index (κ2) is 8.13. The molecule has 0 N–H and O–H groups in total. The predicted octanol–water partition coefficient (Wildman–Crippen LogP) is 4.50. The fraction of sp³-hybridized carbons (Fsp3) is 0.333. The monoisotopic (exact) mass is 431 g/mol. The number of benzene rings is 2. The van der Waals surface area contributed by atoms with E-state index in [2.05, 4.69) is 22.0 Å². The van der Waals surface area contributed by atoms with Gasteiger partial charge in [-0.25, -0.2) is 9.59 Å². The minimum absolute atomic E-state index is 0.410. The zero-order valence-corrected chi connectivity index (χ0v) is 17.3. The fourth-order valence-electron chi connectivity index (χ4n) is 3.23. The lowest BCUT2D eigenvalue weighted by Crippen LogP contribution is -2.25. The van der Waals surface area contributed by atoms with E-state index in [0.717, 1.165) is 24.2 Å². The molecule has 0 bridgehead atoms. The van der Waals surface area contributed by atoms with E-state index in [9.17, 15) is 9.59 Å². The number of aromatic nitrogens is 1. The Labute approximate surface area is 165 Å². The van der Waals surface area contributed by atoms with Crippen molar-refractivity contribution in [3.8, 4) is 5.75 Å². The van der Waals surface area contributed by atoms with Crippen molar-refractivity contribution in [2.45, 2.75) is 40.2 Å². The first kappa shape index (κ1) is 19.4. The highest BCUT2D eigenvalue weighted by molar-refractivity contribution is 9.10. The molecule has 5 nitrogen and oxygen atoms in total.